The van der Waals surface area contributed by atoms with Crippen LogP contribution >= 0.6 is 11.3 Å². The summed E-state index contributed by atoms with van der Waals surface area (Å²) in [6, 6.07) is 17.2. The minimum absolute atomic E-state index is 0.189. The van der Waals surface area contributed by atoms with Crippen LogP contribution in [0, 0.1) is 0 Å². The van der Waals surface area contributed by atoms with E-state index in [4.69, 9.17) is 5.73 Å². The van der Waals surface area contributed by atoms with Gasteiger partial charge in [0.15, 0.2) is 5.13 Å². The van der Waals surface area contributed by atoms with E-state index in [1.54, 1.807) is 0 Å². The molecule has 27 heavy (non-hydrogen) atoms. The molecule has 136 valence electrons. The molecule has 0 aliphatic carbocycles. The highest BCUT2D eigenvalue weighted by Crippen LogP contribution is 2.32. The Balaban J connectivity index is 1.90. The van der Waals surface area contributed by atoms with Crippen molar-refractivity contribution < 1.29 is 8.42 Å². The van der Waals surface area contributed by atoms with Gasteiger partial charge in [-0.1, -0.05) is 53.8 Å². The van der Waals surface area contributed by atoms with Gasteiger partial charge in [-0.15, -0.1) is 0 Å². The van der Waals surface area contributed by atoms with Gasteiger partial charge < -0.3 is 5.73 Å². The fourth-order valence-corrected chi connectivity index (χ4v) is 4.15. The van der Waals surface area contributed by atoms with E-state index < -0.39 is 9.84 Å². The normalized spacial score (nSPS) is 11.7. The number of benzene rings is 2. The molecular formula is C19H16N4O2S2. The fourth-order valence-electron chi connectivity index (χ4n) is 2.84. The van der Waals surface area contributed by atoms with Crippen molar-refractivity contribution in [2.45, 2.75) is 11.6 Å². The standard InChI is InChI=1S/C19H16N4O2S2/c1-27(24,25)19-21-13(10-12-6-3-2-4-7-12)11-15(22-19)14-8-5-9-16-17(14)23-18(20)26-16/h2-9,11H,10H2,1H3,(H2,20,23). The molecule has 0 aliphatic heterocycles. The van der Waals surface area contributed by atoms with Gasteiger partial charge in [0.1, 0.15) is 0 Å². The van der Waals surface area contributed by atoms with Crippen LogP contribution in [-0.4, -0.2) is 29.6 Å². The molecule has 4 aromatic rings. The molecule has 2 aromatic heterocycles. The van der Waals surface area contributed by atoms with Crippen molar-refractivity contribution in [1.29, 1.82) is 0 Å². The largest absolute Gasteiger partial charge is 0.375 e. The highest BCUT2D eigenvalue weighted by Gasteiger charge is 2.17. The number of thiazole rings is 1. The van der Waals surface area contributed by atoms with Crippen molar-refractivity contribution in [1.82, 2.24) is 15.0 Å². The fraction of sp³-hybridized carbons (Fsp3) is 0.105. The number of nitrogen functional groups attached to an aromatic ring is 1. The Morgan fingerprint density at radius 1 is 1.00 bits per heavy atom. The minimum atomic E-state index is -3.56. The summed E-state index contributed by atoms with van der Waals surface area (Å²) in [5.74, 6) is 0. The lowest BCUT2D eigenvalue weighted by Crippen LogP contribution is -2.08. The minimum Gasteiger partial charge on any atom is -0.375 e. The Labute approximate surface area is 160 Å². The topological polar surface area (TPSA) is 98.8 Å². The second-order valence-corrected chi connectivity index (χ2v) is 9.14. The predicted molar refractivity (Wildman–Crippen MR) is 107 cm³/mol. The van der Waals surface area contributed by atoms with E-state index in [2.05, 4.69) is 15.0 Å². The lowest BCUT2D eigenvalue weighted by atomic mass is 10.1. The van der Waals surface area contributed by atoms with Gasteiger partial charge in [-0.3, -0.25) is 0 Å². The maximum Gasteiger partial charge on any atom is 0.247 e. The van der Waals surface area contributed by atoms with Gasteiger partial charge in [-0.05, 0) is 17.7 Å². The van der Waals surface area contributed by atoms with E-state index in [0.717, 1.165) is 22.1 Å². The van der Waals surface area contributed by atoms with E-state index in [1.807, 2.05) is 54.6 Å². The van der Waals surface area contributed by atoms with Gasteiger partial charge in [-0.2, -0.15) is 0 Å². The first-order valence-electron chi connectivity index (χ1n) is 8.17. The molecule has 0 bridgehead atoms. The third-order valence-corrected chi connectivity index (χ3v) is 5.73. The summed E-state index contributed by atoms with van der Waals surface area (Å²) < 4.78 is 25.2. The molecule has 0 saturated heterocycles. The molecule has 0 aliphatic rings. The lowest BCUT2D eigenvalue weighted by Gasteiger charge is -2.08. The average molecular weight is 396 g/mol. The third kappa shape index (κ3) is 3.67. The van der Waals surface area contributed by atoms with E-state index in [-0.39, 0.29) is 5.16 Å². The number of nitrogens with zero attached hydrogens (tertiary/aromatic N) is 3. The van der Waals surface area contributed by atoms with Crippen LogP contribution in [0.2, 0.25) is 0 Å². The molecule has 6 nitrogen and oxygen atoms in total. The number of aromatic nitrogens is 3. The zero-order valence-electron chi connectivity index (χ0n) is 14.5. The van der Waals surface area contributed by atoms with Crippen molar-refractivity contribution in [3.63, 3.8) is 0 Å². The highest BCUT2D eigenvalue weighted by molar-refractivity contribution is 7.90. The first-order chi connectivity index (χ1) is 12.9. The number of rotatable bonds is 4. The van der Waals surface area contributed by atoms with E-state index in [9.17, 15) is 8.42 Å². The summed E-state index contributed by atoms with van der Waals surface area (Å²) in [6.45, 7) is 0. The monoisotopic (exact) mass is 396 g/mol. The Morgan fingerprint density at radius 3 is 2.52 bits per heavy atom. The number of hydrogen-bond donors (Lipinski definition) is 1. The zero-order chi connectivity index (χ0) is 19.0. The highest BCUT2D eigenvalue weighted by atomic mass is 32.2. The van der Waals surface area contributed by atoms with Crippen molar-refractivity contribution in [2.24, 2.45) is 0 Å². The van der Waals surface area contributed by atoms with Crippen LogP contribution in [0.25, 0.3) is 21.5 Å². The second-order valence-electron chi connectivity index (χ2n) is 6.17. The Kier molecular flexibility index (Phi) is 4.37. The van der Waals surface area contributed by atoms with Gasteiger partial charge in [0.25, 0.3) is 0 Å². The molecule has 8 heteroatoms. The molecule has 2 N–H and O–H groups in total. The molecule has 0 amide bonds. The summed E-state index contributed by atoms with van der Waals surface area (Å²) in [5.41, 5.74) is 9.49. The van der Waals surface area contributed by atoms with Gasteiger partial charge in [0.2, 0.25) is 15.0 Å². The van der Waals surface area contributed by atoms with Gasteiger partial charge in [0.05, 0.1) is 21.6 Å². The van der Waals surface area contributed by atoms with Crippen LogP contribution in [-0.2, 0) is 16.3 Å². The van der Waals surface area contributed by atoms with Gasteiger partial charge >= 0.3 is 0 Å². The quantitative estimate of drug-likeness (QED) is 0.531. The second kappa shape index (κ2) is 6.71. The Morgan fingerprint density at radius 2 is 1.78 bits per heavy atom. The number of nitrogens with two attached hydrogens (primary N) is 1. The van der Waals surface area contributed by atoms with Crippen LogP contribution in [0.5, 0.6) is 0 Å². The molecule has 0 saturated carbocycles. The van der Waals surface area contributed by atoms with Crippen molar-refractivity contribution in [2.75, 3.05) is 12.0 Å². The number of para-hydroxylation sites is 1. The summed E-state index contributed by atoms with van der Waals surface area (Å²) in [5, 5.41) is 0.269. The molecule has 0 spiro atoms. The number of anilines is 1. The van der Waals surface area contributed by atoms with E-state index >= 15 is 0 Å². The number of sulfone groups is 1. The molecule has 0 fully saturated rings. The van der Waals surface area contributed by atoms with Crippen molar-refractivity contribution >= 4 is 36.5 Å². The van der Waals surface area contributed by atoms with Crippen LogP contribution in [0.1, 0.15) is 11.3 Å². The predicted octanol–water partition coefficient (Wildman–Crippen LogP) is 3.33. The van der Waals surface area contributed by atoms with Crippen molar-refractivity contribution in [3.05, 3.63) is 65.9 Å². The Bertz CT molecular complexity index is 1240. The first-order valence-corrected chi connectivity index (χ1v) is 10.9. The summed E-state index contributed by atoms with van der Waals surface area (Å²) in [7, 11) is -3.56. The van der Waals surface area contributed by atoms with Crippen LogP contribution in [0.4, 0.5) is 5.13 Å². The third-order valence-electron chi connectivity index (χ3n) is 4.03. The van der Waals surface area contributed by atoms with Gasteiger partial charge in [-0.25, -0.2) is 23.4 Å². The van der Waals surface area contributed by atoms with Crippen LogP contribution in [0.15, 0.2) is 59.8 Å². The molecule has 0 unspecified atom stereocenters. The molecule has 0 radical (unpaired) electrons. The van der Waals surface area contributed by atoms with Crippen LogP contribution in [0.3, 0.4) is 0 Å². The Hall–Kier alpha value is -2.84. The summed E-state index contributed by atoms with van der Waals surface area (Å²) >= 11 is 1.38. The van der Waals surface area contributed by atoms with Crippen LogP contribution < -0.4 is 5.73 Å². The lowest BCUT2D eigenvalue weighted by molar-refractivity contribution is 0.592. The van der Waals surface area contributed by atoms with Gasteiger partial charge in [0, 0.05) is 18.2 Å². The van der Waals surface area contributed by atoms with E-state index in [0.29, 0.717) is 28.5 Å². The molecular weight excluding hydrogens is 380 g/mol. The smallest absolute Gasteiger partial charge is 0.247 e. The molecule has 0 atom stereocenters. The SMILES string of the molecule is CS(=O)(=O)c1nc(Cc2ccccc2)cc(-c2cccc3sc(N)nc23)n1. The average Bonchev–Trinajstić information content (AvgIpc) is 3.01. The maximum atomic E-state index is 12.1. The summed E-state index contributed by atoms with van der Waals surface area (Å²) in [6.07, 6.45) is 1.62. The molecule has 2 aromatic carbocycles. The maximum absolute atomic E-state index is 12.1. The zero-order valence-corrected chi connectivity index (χ0v) is 16.1. The van der Waals surface area contributed by atoms with E-state index in [1.165, 1.54) is 11.3 Å². The first kappa shape index (κ1) is 17.6. The van der Waals surface area contributed by atoms with Crippen molar-refractivity contribution in [3.8, 4) is 11.3 Å². The molecule has 4 rings (SSSR count). The number of fused-ring (bicyclic) bond motifs is 1. The summed E-state index contributed by atoms with van der Waals surface area (Å²) in [4.78, 5) is 13.0. The molecule has 2 heterocycles. The number of hydrogen-bond acceptors (Lipinski definition) is 7.